The number of hydrogen-bond acceptors (Lipinski definition) is 3. The van der Waals surface area contributed by atoms with Gasteiger partial charge in [0.2, 0.25) is 5.91 Å². The molecule has 32 heavy (non-hydrogen) atoms. The van der Waals surface area contributed by atoms with E-state index < -0.39 is 5.41 Å². The molecule has 0 aliphatic heterocycles. The van der Waals surface area contributed by atoms with Gasteiger partial charge in [0.1, 0.15) is 0 Å². The molecule has 166 valence electrons. The molecular formula is C25H27ClN4O2. The molecule has 3 aromatic rings. The lowest BCUT2D eigenvalue weighted by Gasteiger charge is -2.28. The fourth-order valence-corrected chi connectivity index (χ4v) is 4.98. The molecule has 1 heterocycles. The zero-order chi connectivity index (χ0) is 22.1. The minimum Gasteiger partial charge on any atom is -0.353 e. The molecule has 2 aromatic carbocycles. The van der Waals surface area contributed by atoms with Crippen LogP contribution in [0.4, 0.5) is 0 Å². The Hall–Kier alpha value is -2.86. The number of hydrogen-bond donors (Lipinski definition) is 1. The van der Waals surface area contributed by atoms with Crippen LogP contribution in [-0.4, -0.2) is 26.8 Å². The highest BCUT2D eigenvalue weighted by atomic mass is 35.5. The van der Waals surface area contributed by atoms with Gasteiger partial charge in [-0.25, -0.2) is 9.48 Å². The normalized spacial score (nSPS) is 17.4. The molecule has 1 amide bonds. The van der Waals surface area contributed by atoms with Gasteiger partial charge in [0.15, 0.2) is 5.82 Å². The Morgan fingerprint density at radius 3 is 2.41 bits per heavy atom. The van der Waals surface area contributed by atoms with Gasteiger partial charge < -0.3 is 5.32 Å². The van der Waals surface area contributed by atoms with Crippen LogP contribution < -0.4 is 11.0 Å². The van der Waals surface area contributed by atoms with E-state index in [2.05, 4.69) is 10.4 Å². The van der Waals surface area contributed by atoms with E-state index in [0.717, 1.165) is 49.7 Å². The number of aromatic nitrogens is 3. The lowest BCUT2D eigenvalue weighted by atomic mass is 9.78. The van der Waals surface area contributed by atoms with Crippen molar-refractivity contribution < 1.29 is 4.79 Å². The Labute approximate surface area is 192 Å². The summed E-state index contributed by atoms with van der Waals surface area (Å²) in [7, 11) is 0. The summed E-state index contributed by atoms with van der Waals surface area (Å²) in [5.41, 5.74) is 1.33. The van der Waals surface area contributed by atoms with Gasteiger partial charge in [-0.05, 0) is 43.4 Å². The average Bonchev–Trinajstić information content (AvgIpc) is 3.42. The lowest BCUT2D eigenvalue weighted by Crippen LogP contribution is -2.44. The standard InChI is InChI=1S/C25H27ClN4O2/c26-20-10-8-19(9-11-20)25(14-4-5-15-25)23(31)27-16-17-29-24(32)30(21-12-13-21)22(28-29)18-6-2-1-3-7-18/h1-3,6-11,21H,4-5,12-17H2,(H,27,31). The molecule has 7 heteroatoms. The molecule has 1 aromatic heterocycles. The molecule has 2 fully saturated rings. The summed E-state index contributed by atoms with van der Waals surface area (Å²) in [6.45, 7) is 0.713. The lowest BCUT2D eigenvalue weighted by molar-refractivity contribution is -0.126. The zero-order valence-corrected chi connectivity index (χ0v) is 18.7. The third-order valence-corrected chi connectivity index (χ3v) is 6.96. The van der Waals surface area contributed by atoms with E-state index in [-0.39, 0.29) is 17.6 Å². The molecule has 2 aliphatic rings. The minimum atomic E-state index is -0.516. The first-order valence-electron chi connectivity index (χ1n) is 11.4. The first kappa shape index (κ1) is 21.0. The second kappa shape index (κ2) is 8.58. The van der Waals surface area contributed by atoms with Crippen molar-refractivity contribution in [3.63, 3.8) is 0 Å². The van der Waals surface area contributed by atoms with Gasteiger partial charge >= 0.3 is 5.69 Å². The maximum Gasteiger partial charge on any atom is 0.346 e. The smallest absolute Gasteiger partial charge is 0.346 e. The maximum atomic E-state index is 13.3. The highest BCUT2D eigenvalue weighted by molar-refractivity contribution is 6.30. The Balaban J connectivity index is 1.32. The van der Waals surface area contributed by atoms with Crippen molar-refractivity contribution in [2.75, 3.05) is 6.54 Å². The molecule has 0 spiro atoms. The Morgan fingerprint density at radius 2 is 1.75 bits per heavy atom. The summed E-state index contributed by atoms with van der Waals surface area (Å²) in [4.78, 5) is 26.3. The van der Waals surface area contributed by atoms with Gasteiger partial charge in [-0.3, -0.25) is 9.36 Å². The van der Waals surface area contributed by atoms with E-state index in [1.54, 1.807) is 0 Å². The number of amides is 1. The van der Waals surface area contributed by atoms with Crippen LogP contribution in [0.15, 0.2) is 59.4 Å². The fourth-order valence-electron chi connectivity index (χ4n) is 4.85. The summed E-state index contributed by atoms with van der Waals surface area (Å²) >= 11 is 6.05. The van der Waals surface area contributed by atoms with Gasteiger partial charge in [-0.1, -0.05) is 66.9 Å². The maximum absolute atomic E-state index is 13.3. The van der Waals surface area contributed by atoms with Crippen LogP contribution in [0, 0.1) is 0 Å². The van der Waals surface area contributed by atoms with Gasteiger partial charge in [0.25, 0.3) is 0 Å². The number of carbonyl (C=O) groups is 1. The fraction of sp³-hybridized carbons (Fsp3) is 0.400. The van der Waals surface area contributed by atoms with E-state index in [9.17, 15) is 9.59 Å². The zero-order valence-electron chi connectivity index (χ0n) is 18.0. The molecule has 0 radical (unpaired) electrons. The van der Waals surface area contributed by atoms with Crippen LogP contribution >= 0.6 is 11.6 Å². The van der Waals surface area contributed by atoms with Gasteiger partial charge in [-0.2, -0.15) is 0 Å². The molecule has 0 bridgehead atoms. The molecule has 2 aliphatic carbocycles. The molecule has 5 rings (SSSR count). The summed E-state index contributed by atoms with van der Waals surface area (Å²) in [6.07, 6.45) is 5.73. The third-order valence-electron chi connectivity index (χ3n) is 6.71. The number of rotatable bonds is 7. The van der Waals surface area contributed by atoms with Gasteiger partial charge in [-0.15, -0.1) is 5.10 Å². The average molecular weight is 451 g/mol. The second-order valence-electron chi connectivity index (χ2n) is 8.85. The molecule has 6 nitrogen and oxygen atoms in total. The Morgan fingerprint density at radius 1 is 1.06 bits per heavy atom. The summed E-state index contributed by atoms with van der Waals surface area (Å²) in [6, 6.07) is 17.7. The van der Waals surface area contributed by atoms with Gasteiger partial charge in [0, 0.05) is 23.2 Å². The van der Waals surface area contributed by atoms with Gasteiger partial charge in [0.05, 0.1) is 12.0 Å². The van der Waals surface area contributed by atoms with Crippen LogP contribution in [0.3, 0.4) is 0 Å². The first-order chi connectivity index (χ1) is 15.6. The molecule has 2 saturated carbocycles. The summed E-state index contributed by atoms with van der Waals surface area (Å²) < 4.78 is 3.30. The van der Waals surface area contributed by atoms with Crippen LogP contribution in [0.1, 0.15) is 50.1 Å². The largest absolute Gasteiger partial charge is 0.353 e. The predicted octanol–water partition coefficient (Wildman–Crippen LogP) is 4.33. The van der Waals surface area contributed by atoms with E-state index in [4.69, 9.17) is 11.6 Å². The Bertz CT molecular complexity index is 1160. The van der Waals surface area contributed by atoms with Crippen molar-refractivity contribution in [1.29, 1.82) is 0 Å². The number of nitrogens with one attached hydrogen (secondary N) is 1. The first-order valence-corrected chi connectivity index (χ1v) is 11.8. The molecule has 0 unspecified atom stereocenters. The van der Waals surface area contributed by atoms with E-state index >= 15 is 0 Å². The molecular weight excluding hydrogens is 424 g/mol. The second-order valence-corrected chi connectivity index (χ2v) is 9.28. The molecule has 0 saturated heterocycles. The topological polar surface area (TPSA) is 68.9 Å². The van der Waals surface area contributed by atoms with Crippen molar-refractivity contribution >= 4 is 17.5 Å². The highest BCUT2D eigenvalue weighted by Gasteiger charge is 2.42. The predicted molar refractivity (Wildman–Crippen MR) is 125 cm³/mol. The number of benzene rings is 2. The highest BCUT2D eigenvalue weighted by Crippen LogP contribution is 2.41. The minimum absolute atomic E-state index is 0.0234. The summed E-state index contributed by atoms with van der Waals surface area (Å²) in [5, 5.41) is 8.38. The third kappa shape index (κ3) is 3.88. The molecule has 0 atom stereocenters. The van der Waals surface area contributed by atoms with Crippen molar-refractivity contribution in [3.05, 3.63) is 75.7 Å². The van der Waals surface area contributed by atoms with E-state index in [1.165, 1.54) is 4.68 Å². The van der Waals surface area contributed by atoms with E-state index in [1.807, 2.05) is 59.2 Å². The SMILES string of the molecule is O=C(NCCn1nc(-c2ccccc2)n(C2CC2)c1=O)C1(c2ccc(Cl)cc2)CCCC1. The number of carbonyl (C=O) groups excluding carboxylic acids is 1. The Kier molecular flexibility index (Phi) is 5.64. The summed E-state index contributed by atoms with van der Waals surface area (Å²) in [5.74, 6) is 0.730. The number of nitrogens with zero attached hydrogens (tertiary/aromatic N) is 3. The van der Waals surface area contributed by atoms with Crippen molar-refractivity contribution in [3.8, 4) is 11.4 Å². The van der Waals surface area contributed by atoms with Crippen LogP contribution in [0.5, 0.6) is 0 Å². The molecule has 1 N–H and O–H groups in total. The van der Waals surface area contributed by atoms with Crippen molar-refractivity contribution in [2.45, 2.75) is 56.5 Å². The van der Waals surface area contributed by atoms with Crippen molar-refractivity contribution in [1.82, 2.24) is 19.7 Å². The van der Waals surface area contributed by atoms with Crippen molar-refractivity contribution in [2.24, 2.45) is 0 Å². The number of halogens is 1. The van der Waals surface area contributed by atoms with E-state index in [0.29, 0.717) is 23.9 Å². The van der Waals surface area contributed by atoms with Crippen LogP contribution in [0.2, 0.25) is 5.02 Å². The van der Waals surface area contributed by atoms with Crippen LogP contribution in [-0.2, 0) is 16.8 Å². The quantitative estimate of drug-likeness (QED) is 0.582. The monoisotopic (exact) mass is 450 g/mol. The van der Waals surface area contributed by atoms with Crippen LogP contribution in [0.25, 0.3) is 11.4 Å².